The molecule has 3 atom stereocenters. The number of carbonyl (C=O) groups is 2. The van der Waals surface area contributed by atoms with Gasteiger partial charge in [0.25, 0.3) is 0 Å². The third kappa shape index (κ3) is 39.7. The Labute approximate surface area is 349 Å². The number of hydrogen-bond donors (Lipinski definition) is 3. The van der Waals surface area contributed by atoms with Gasteiger partial charge in [0.2, 0.25) is 5.91 Å². The van der Waals surface area contributed by atoms with E-state index in [1.165, 1.54) is 193 Å². The average Bonchev–Trinajstić information content (AvgIpc) is 3.19. The lowest BCUT2D eigenvalue weighted by Crippen LogP contribution is -2.46. The van der Waals surface area contributed by atoms with Crippen molar-refractivity contribution in [3.8, 4) is 0 Å². The molecule has 6 nitrogen and oxygen atoms in total. The Morgan fingerprint density at radius 3 is 1.09 bits per heavy atom. The lowest BCUT2D eigenvalue weighted by molar-refractivity contribution is -0.151. The van der Waals surface area contributed by atoms with Gasteiger partial charge >= 0.3 is 5.97 Å². The topological polar surface area (TPSA) is 95.9 Å². The van der Waals surface area contributed by atoms with Crippen LogP contribution in [-0.4, -0.2) is 46.9 Å². The van der Waals surface area contributed by atoms with Crippen molar-refractivity contribution in [3.05, 3.63) is 0 Å². The predicted octanol–water partition coefficient (Wildman–Crippen LogP) is 14.8. The number of nitrogens with one attached hydrogen (secondary N) is 1. The first kappa shape index (κ1) is 54.9. The van der Waals surface area contributed by atoms with Crippen LogP contribution < -0.4 is 5.32 Å². The van der Waals surface area contributed by atoms with Crippen molar-refractivity contribution in [1.29, 1.82) is 0 Å². The van der Waals surface area contributed by atoms with E-state index in [0.29, 0.717) is 19.3 Å². The van der Waals surface area contributed by atoms with Crippen LogP contribution in [0, 0.1) is 0 Å². The monoisotopic (exact) mass is 794 g/mol. The number of rotatable bonds is 46. The zero-order chi connectivity index (χ0) is 41.0. The Morgan fingerprint density at radius 2 is 0.750 bits per heavy atom. The fourth-order valence-corrected chi connectivity index (χ4v) is 8.08. The molecule has 0 aromatic heterocycles. The summed E-state index contributed by atoms with van der Waals surface area (Å²) in [5.41, 5.74) is 0. The first-order valence-electron chi connectivity index (χ1n) is 25.3. The summed E-state index contributed by atoms with van der Waals surface area (Å²) >= 11 is 0. The Hall–Kier alpha value is -1.14. The smallest absolute Gasteiger partial charge is 0.306 e. The van der Waals surface area contributed by atoms with Gasteiger partial charge in [-0.25, -0.2) is 0 Å². The third-order valence-corrected chi connectivity index (χ3v) is 11.9. The van der Waals surface area contributed by atoms with Crippen molar-refractivity contribution in [1.82, 2.24) is 5.32 Å². The van der Waals surface area contributed by atoms with Gasteiger partial charge in [0, 0.05) is 6.42 Å². The maximum atomic E-state index is 13.2. The van der Waals surface area contributed by atoms with Crippen LogP contribution in [0.15, 0.2) is 0 Å². The van der Waals surface area contributed by atoms with Crippen LogP contribution in [0.4, 0.5) is 0 Å². The molecule has 6 heteroatoms. The second-order valence-electron chi connectivity index (χ2n) is 17.6. The van der Waals surface area contributed by atoms with E-state index in [1.807, 2.05) is 0 Å². The summed E-state index contributed by atoms with van der Waals surface area (Å²) in [6.45, 7) is 6.49. The summed E-state index contributed by atoms with van der Waals surface area (Å²) in [6, 6.07) is -0.691. The van der Waals surface area contributed by atoms with Crippen LogP contribution in [-0.2, 0) is 14.3 Å². The van der Waals surface area contributed by atoms with E-state index < -0.39 is 18.2 Å². The van der Waals surface area contributed by atoms with Gasteiger partial charge in [0.05, 0.1) is 25.2 Å². The van der Waals surface area contributed by atoms with Crippen LogP contribution in [0.2, 0.25) is 0 Å². The molecule has 0 aliphatic rings. The van der Waals surface area contributed by atoms with Gasteiger partial charge in [-0.15, -0.1) is 0 Å². The number of aliphatic hydroxyl groups excluding tert-OH is 2. The Bertz CT molecular complexity index is 806. The molecule has 0 spiro atoms. The minimum atomic E-state index is -0.778. The highest BCUT2D eigenvalue weighted by Crippen LogP contribution is 2.19. The molecule has 0 fully saturated rings. The van der Waals surface area contributed by atoms with Gasteiger partial charge in [0.1, 0.15) is 6.10 Å². The summed E-state index contributed by atoms with van der Waals surface area (Å²) in [7, 11) is 0. The lowest BCUT2D eigenvalue weighted by Gasteiger charge is -2.24. The molecular weight excluding hydrogens is 695 g/mol. The van der Waals surface area contributed by atoms with Crippen molar-refractivity contribution >= 4 is 11.9 Å². The molecule has 0 aromatic rings. The van der Waals surface area contributed by atoms with Crippen molar-refractivity contribution in [2.45, 2.75) is 302 Å². The summed E-state index contributed by atoms with van der Waals surface area (Å²) in [4.78, 5) is 26.0. The number of unbranched alkanes of at least 4 members (excludes halogenated alkanes) is 34. The number of hydrogen-bond acceptors (Lipinski definition) is 5. The minimum absolute atomic E-state index is 0.0875. The van der Waals surface area contributed by atoms with Gasteiger partial charge in [-0.05, 0) is 25.7 Å². The van der Waals surface area contributed by atoms with Crippen molar-refractivity contribution in [3.63, 3.8) is 0 Å². The van der Waals surface area contributed by atoms with Crippen molar-refractivity contribution in [2.75, 3.05) is 6.61 Å². The summed E-state index contributed by atoms with van der Waals surface area (Å²) in [6.07, 6.45) is 47.3. The van der Waals surface area contributed by atoms with Crippen molar-refractivity contribution in [2.24, 2.45) is 0 Å². The second-order valence-corrected chi connectivity index (χ2v) is 17.6. The molecule has 0 aromatic carbocycles. The zero-order valence-corrected chi connectivity index (χ0v) is 38.0. The fraction of sp³-hybridized carbons (Fsp3) is 0.960. The molecule has 0 aliphatic heterocycles. The first-order valence-corrected chi connectivity index (χ1v) is 25.3. The molecule has 3 unspecified atom stereocenters. The van der Waals surface area contributed by atoms with E-state index >= 15 is 0 Å². The summed E-state index contributed by atoms with van der Waals surface area (Å²) in [5.74, 6) is -0.454. The number of esters is 1. The number of amides is 1. The average molecular weight is 794 g/mol. The molecule has 0 saturated carbocycles. The number of aliphatic hydroxyl groups is 2. The Morgan fingerprint density at radius 1 is 0.446 bits per heavy atom. The Kier molecular flexibility index (Phi) is 44.0. The molecule has 1 amide bonds. The normalized spacial score (nSPS) is 13.2. The molecule has 334 valence electrons. The van der Waals surface area contributed by atoms with Crippen LogP contribution in [0.5, 0.6) is 0 Å². The van der Waals surface area contributed by atoms with E-state index in [4.69, 9.17) is 4.74 Å². The Balaban J connectivity index is 4.51. The zero-order valence-electron chi connectivity index (χ0n) is 38.0. The maximum absolute atomic E-state index is 13.2. The number of ether oxygens (including phenoxy) is 1. The molecule has 3 N–H and O–H groups in total. The standard InChI is InChI=1S/C50H99NO5/c1-4-7-10-13-16-19-22-24-25-26-27-29-32-35-38-41-46(56-50(55)43-40-37-34-31-21-18-15-12-9-6-3)44-49(54)51-47(45-52)48(53)42-39-36-33-30-28-23-20-17-14-11-8-5-2/h46-48,52-53H,4-45H2,1-3H3,(H,51,54). The third-order valence-electron chi connectivity index (χ3n) is 11.9. The van der Waals surface area contributed by atoms with E-state index in [-0.39, 0.29) is 24.9 Å². The lowest BCUT2D eigenvalue weighted by atomic mass is 10.0. The van der Waals surface area contributed by atoms with Crippen LogP contribution in [0.25, 0.3) is 0 Å². The van der Waals surface area contributed by atoms with Crippen LogP contribution in [0.3, 0.4) is 0 Å². The van der Waals surface area contributed by atoms with Gasteiger partial charge in [-0.2, -0.15) is 0 Å². The predicted molar refractivity (Wildman–Crippen MR) is 241 cm³/mol. The highest BCUT2D eigenvalue weighted by atomic mass is 16.5. The molecule has 0 rings (SSSR count). The van der Waals surface area contributed by atoms with Crippen molar-refractivity contribution < 1.29 is 24.5 Å². The molecule has 0 radical (unpaired) electrons. The van der Waals surface area contributed by atoms with E-state index in [1.54, 1.807) is 0 Å². The molecular formula is C50H99NO5. The van der Waals surface area contributed by atoms with Gasteiger partial charge in [-0.3, -0.25) is 9.59 Å². The highest BCUT2D eigenvalue weighted by molar-refractivity contribution is 5.77. The number of carbonyl (C=O) groups excluding carboxylic acids is 2. The molecule has 56 heavy (non-hydrogen) atoms. The minimum Gasteiger partial charge on any atom is -0.462 e. The van der Waals surface area contributed by atoms with Crippen LogP contribution in [0.1, 0.15) is 284 Å². The molecule has 0 saturated heterocycles. The fourth-order valence-electron chi connectivity index (χ4n) is 8.08. The van der Waals surface area contributed by atoms with Gasteiger partial charge in [0.15, 0.2) is 0 Å². The second kappa shape index (κ2) is 45.0. The van der Waals surface area contributed by atoms with E-state index in [2.05, 4.69) is 26.1 Å². The molecule has 0 aliphatic carbocycles. The molecule has 0 heterocycles. The summed E-state index contributed by atoms with van der Waals surface area (Å²) < 4.78 is 5.92. The van der Waals surface area contributed by atoms with Gasteiger partial charge in [-0.1, -0.05) is 245 Å². The SMILES string of the molecule is CCCCCCCCCCCCCCCCCC(CC(=O)NC(CO)C(O)CCCCCCCCCCCCCC)OC(=O)CCCCCCCCCCCC. The first-order chi connectivity index (χ1) is 27.5. The maximum Gasteiger partial charge on any atom is 0.306 e. The van der Waals surface area contributed by atoms with Gasteiger partial charge < -0.3 is 20.3 Å². The molecule has 0 bridgehead atoms. The van der Waals surface area contributed by atoms with E-state index in [0.717, 1.165) is 44.9 Å². The highest BCUT2D eigenvalue weighted by Gasteiger charge is 2.24. The largest absolute Gasteiger partial charge is 0.462 e. The summed E-state index contributed by atoms with van der Waals surface area (Å²) in [5, 5.41) is 23.7. The quantitative estimate of drug-likeness (QED) is 0.0421. The van der Waals surface area contributed by atoms with Crippen LogP contribution >= 0.6 is 0 Å². The van der Waals surface area contributed by atoms with E-state index in [9.17, 15) is 19.8 Å².